The smallest absolute Gasteiger partial charge is 0.260 e. The van der Waals surface area contributed by atoms with Gasteiger partial charge in [-0.15, -0.1) is 0 Å². The maximum atomic E-state index is 12.5. The Labute approximate surface area is 122 Å². The highest BCUT2D eigenvalue weighted by atomic mass is 16.2. The minimum atomic E-state index is -0.363. The number of hydrogen-bond acceptors (Lipinski definition) is 3. The third-order valence-electron chi connectivity index (χ3n) is 4.54. The van der Waals surface area contributed by atoms with Gasteiger partial charge in [0.1, 0.15) is 5.56 Å². The lowest BCUT2D eigenvalue weighted by atomic mass is 9.88. The molecule has 0 radical (unpaired) electrons. The first-order chi connectivity index (χ1) is 9.97. The van der Waals surface area contributed by atoms with Crippen LogP contribution in [0, 0.1) is 18.8 Å². The van der Waals surface area contributed by atoms with E-state index in [0.29, 0.717) is 13.1 Å². The molecule has 3 heterocycles. The van der Waals surface area contributed by atoms with Gasteiger partial charge in [-0.2, -0.15) is 0 Å². The summed E-state index contributed by atoms with van der Waals surface area (Å²) in [5, 5.41) is 0. The Bertz CT molecular complexity index is 652. The molecule has 0 spiro atoms. The molecule has 2 amide bonds. The van der Waals surface area contributed by atoms with E-state index in [1.165, 1.54) is 0 Å². The second kappa shape index (κ2) is 5.02. The molecule has 0 saturated carbocycles. The number of piperidine rings is 1. The van der Waals surface area contributed by atoms with Gasteiger partial charge in [-0.1, -0.05) is 0 Å². The normalized spacial score (nSPS) is 25.1. The van der Waals surface area contributed by atoms with Crippen LogP contribution >= 0.6 is 0 Å². The van der Waals surface area contributed by atoms with Crippen molar-refractivity contribution in [1.29, 1.82) is 0 Å². The molecule has 6 heteroatoms. The van der Waals surface area contributed by atoms with Gasteiger partial charge < -0.3 is 14.8 Å². The maximum Gasteiger partial charge on any atom is 0.260 e. The molecule has 21 heavy (non-hydrogen) atoms. The van der Waals surface area contributed by atoms with Gasteiger partial charge in [0.2, 0.25) is 5.91 Å². The molecule has 1 aromatic rings. The van der Waals surface area contributed by atoms with Crippen molar-refractivity contribution >= 4 is 11.8 Å². The van der Waals surface area contributed by atoms with Crippen molar-refractivity contribution in [3.8, 4) is 0 Å². The molecule has 0 unspecified atom stereocenters. The number of aromatic amines is 1. The molecule has 3 rings (SSSR count). The molecule has 0 aliphatic carbocycles. The van der Waals surface area contributed by atoms with Gasteiger partial charge >= 0.3 is 0 Å². The number of rotatable bonds is 1. The molecule has 0 bridgehead atoms. The zero-order valence-electron chi connectivity index (χ0n) is 12.3. The van der Waals surface area contributed by atoms with Gasteiger partial charge in [0, 0.05) is 32.4 Å². The molecule has 2 atom stereocenters. The molecular formula is C15H19N3O3. The molecule has 2 saturated heterocycles. The Morgan fingerprint density at radius 1 is 1.29 bits per heavy atom. The SMILES string of the molecule is Cc1ccc(C(=O)N2C[C@H]3CCN(C)C(=O)[C@H]3C2)c(=O)[nH]1. The van der Waals surface area contributed by atoms with E-state index in [4.69, 9.17) is 0 Å². The standard InChI is InChI=1S/C15H19N3O3/c1-9-3-4-11(13(19)16-9)15(21)18-7-10-5-6-17(2)14(20)12(10)8-18/h3-4,10,12H,5-8H2,1-2H3,(H,16,19)/t10-,12+/m1/s1. The summed E-state index contributed by atoms with van der Waals surface area (Å²) in [6.45, 7) is 3.50. The Balaban J connectivity index is 1.81. The monoisotopic (exact) mass is 289 g/mol. The van der Waals surface area contributed by atoms with E-state index in [1.807, 2.05) is 0 Å². The number of H-pyrrole nitrogens is 1. The molecule has 6 nitrogen and oxygen atoms in total. The summed E-state index contributed by atoms with van der Waals surface area (Å²) >= 11 is 0. The first kappa shape index (κ1) is 13.9. The quantitative estimate of drug-likeness (QED) is 0.804. The average Bonchev–Trinajstić information content (AvgIpc) is 2.87. The van der Waals surface area contributed by atoms with E-state index in [1.54, 1.807) is 35.9 Å². The summed E-state index contributed by atoms with van der Waals surface area (Å²) in [6, 6.07) is 3.28. The Kier molecular flexibility index (Phi) is 3.31. The van der Waals surface area contributed by atoms with E-state index in [9.17, 15) is 14.4 Å². The third-order valence-corrected chi connectivity index (χ3v) is 4.54. The molecule has 1 aromatic heterocycles. The van der Waals surface area contributed by atoms with Crippen molar-refractivity contribution in [1.82, 2.24) is 14.8 Å². The Morgan fingerprint density at radius 3 is 2.76 bits per heavy atom. The molecule has 1 N–H and O–H groups in total. The predicted molar refractivity (Wildman–Crippen MR) is 76.9 cm³/mol. The lowest BCUT2D eigenvalue weighted by molar-refractivity contribution is -0.137. The first-order valence-corrected chi connectivity index (χ1v) is 7.21. The number of hydrogen-bond donors (Lipinski definition) is 1. The topological polar surface area (TPSA) is 73.5 Å². The fourth-order valence-corrected chi connectivity index (χ4v) is 3.27. The molecule has 2 aliphatic heterocycles. The number of aromatic nitrogens is 1. The van der Waals surface area contributed by atoms with Crippen LogP contribution in [0.15, 0.2) is 16.9 Å². The van der Waals surface area contributed by atoms with E-state index < -0.39 is 0 Å². The van der Waals surface area contributed by atoms with Crippen molar-refractivity contribution in [3.63, 3.8) is 0 Å². The van der Waals surface area contributed by atoms with Crippen LogP contribution in [-0.4, -0.2) is 53.3 Å². The van der Waals surface area contributed by atoms with Crippen molar-refractivity contribution in [3.05, 3.63) is 33.7 Å². The van der Waals surface area contributed by atoms with Crippen LogP contribution in [-0.2, 0) is 4.79 Å². The first-order valence-electron chi connectivity index (χ1n) is 7.21. The molecule has 112 valence electrons. The number of carbonyl (C=O) groups excluding carboxylic acids is 2. The Morgan fingerprint density at radius 2 is 2.05 bits per heavy atom. The van der Waals surface area contributed by atoms with Gasteiger partial charge in [0.05, 0.1) is 5.92 Å². The van der Waals surface area contributed by atoms with Crippen LogP contribution in [0.2, 0.25) is 0 Å². The summed E-state index contributed by atoms with van der Waals surface area (Å²) in [5.41, 5.74) is 0.516. The minimum Gasteiger partial charge on any atom is -0.345 e. The number of nitrogens with one attached hydrogen (secondary N) is 1. The van der Waals surface area contributed by atoms with Crippen molar-refractivity contribution < 1.29 is 9.59 Å². The summed E-state index contributed by atoms with van der Waals surface area (Å²) in [5.74, 6) is -0.0557. The van der Waals surface area contributed by atoms with Crippen LogP contribution in [0.1, 0.15) is 22.5 Å². The highest BCUT2D eigenvalue weighted by Crippen LogP contribution is 2.32. The van der Waals surface area contributed by atoms with Crippen molar-refractivity contribution in [2.75, 3.05) is 26.7 Å². The summed E-state index contributed by atoms with van der Waals surface area (Å²) in [6.07, 6.45) is 0.918. The van der Waals surface area contributed by atoms with Crippen molar-refractivity contribution in [2.45, 2.75) is 13.3 Å². The maximum absolute atomic E-state index is 12.5. The number of amides is 2. The van der Waals surface area contributed by atoms with Crippen LogP contribution in [0.4, 0.5) is 0 Å². The summed E-state index contributed by atoms with van der Waals surface area (Å²) < 4.78 is 0. The minimum absolute atomic E-state index is 0.111. The number of nitrogens with zero attached hydrogens (tertiary/aromatic N) is 2. The lowest BCUT2D eigenvalue weighted by Gasteiger charge is -2.30. The van der Waals surface area contributed by atoms with Gasteiger partial charge in [-0.25, -0.2) is 0 Å². The van der Waals surface area contributed by atoms with Gasteiger partial charge in [0.25, 0.3) is 11.5 Å². The highest BCUT2D eigenvalue weighted by molar-refractivity contribution is 5.94. The summed E-state index contributed by atoms with van der Waals surface area (Å²) in [7, 11) is 1.80. The number of pyridine rings is 1. The number of fused-ring (bicyclic) bond motifs is 1. The zero-order valence-corrected chi connectivity index (χ0v) is 12.3. The zero-order chi connectivity index (χ0) is 15.1. The Hall–Kier alpha value is -2.11. The van der Waals surface area contributed by atoms with Crippen LogP contribution < -0.4 is 5.56 Å². The van der Waals surface area contributed by atoms with Crippen LogP contribution in [0.25, 0.3) is 0 Å². The molecular weight excluding hydrogens is 270 g/mol. The third kappa shape index (κ3) is 2.34. The predicted octanol–water partition coefficient (Wildman–Crippen LogP) is 0.234. The van der Waals surface area contributed by atoms with E-state index in [-0.39, 0.29) is 34.8 Å². The number of aryl methyl sites for hydroxylation is 1. The van der Waals surface area contributed by atoms with Crippen LogP contribution in [0.5, 0.6) is 0 Å². The van der Waals surface area contributed by atoms with E-state index in [2.05, 4.69) is 4.98 Å². The van der Waals surface area contributed by atoms with Crippen molar-refractivity contribution in [2.24, 2.45) is 11.8 Å². The fourth-order valence-electron chi connectivity index (χ4n) is 3.27. The number of likely N-dealkylation sites (tertiary alicyclic amines) is 2. The van der Waals surface area contributed by atoms with E-state index >= 15 is 0 Å². The lowest BCUT2D eigenvalue weighted by Crippen LogP contribution is -2.42. The molecule has 2 aliphatic rings. The highest BCUT2D eigenvalue weighted by Gasteiger charge is 2.43. The fraction of sp³-hybridized carbons (Fsp3) is 0.533. The van der Waals surface area contributed by atoms with Gasteiger partial charge in [-0.05, 0) is 31.4 Å². The molecule has 2 fully saturated rings. The van der Waals surface area contributed by atoms with Gasteiger partial charge in [-0.3, -0.25) is 14.4 Å². The van der Waals surface area contributed by atoms with E-state index in [0.717, 1.165) is 18.7 Å². The second-order valence-corrected chi connectivity index (χ2v) is 6.01. The van der Waals surface area contributed by atoms with Crippen LogP contribution in [0.3, 0.4) is 0 Å². The average molecular weight is 289 g/mol. The largest absolute Gasteiger partial charge is 0.345 e. The number of carbonyl (C=O) groups is 2. The summed E-state index contributed by atoms with van der Waals surface area (Å²) in [4.78, 5) is 42.5. The molecule has 0 aromatic carbocycles. The van der Waals surface area contributed by atoms with Gasteiger partial charge in [0.15, 0.2) is 0 Å². The second-order valence-electron chi connectivity index (χ2n) is 6.01.